The minimum Gasteiger partial charge on any atom is -0.496 e. The van der Waals surface area contributed by atoms with Gasteiger partial charge in [0, 0.05) is 12.1 Å². The number of methoxy groups -OCH3 is 1. The van der Waals surface area contributed by atoms with Crippen molar-refractivity contribution in [3.8, 4) is 28.8 Å². The van der Waals surface area contributed by atoms with E-state index in [9.17, 15) is 14.9 Å². The van der Waals surface area contributed by atoms with Gasteiger partial charge >= 0.3 is 0 Å². The molecule has 0 saturated carbocycles. The number of benzene rings is 4. The quantitative estimate of drug-likeness (QED) is 0.0885. The lowest BCUT2D eigenvalue weighted by molar-refractivity contribution is -0.384. The smallest absolute Gasteiger partial charge is 0.282 e. The molecule has 6 rings (SSSR count). The highest BCUT2D eigenvalue weighted by Crippen LogP contribution is 2.37. The summed E-state index contributed by atoms with van der Waals surface area (Å²) in [7, 11) is 1.57. The molecule has 0 aliphatic rings. The zero-order valence-corrected chi connectivity index (χ0v) is 24.9. The molecule has 0 spiro atoms. The van der Waals surface area contributed by atoms with Crippen molar-refractivity contribution in [2.75, 3.05) is 13.7 Å². The van der Waals surface area contributed by atoms with Gasteiger partial charge in [0.1, 0.15) is 17.9 Å². The van der Waals surface area contributed by atoms with Gasteiger partial charge in [-0.05, 0) is 60.5 Å². The molecule has 0 aliphatic heterocycles. The van der Waals surface area contributed by atoms with Crippen LogP contribution in [0.25, 0.3) is 33.5 Å². The largest absolute Gasteiger partial charge is 0.496 e. The van der Waals surface area contributed by atoms with Gasteiger partial charge in [-0.2, -0.15) is 9.78 Å². The maximum Gasteiger partial charge on any atom is 0.282 e. The summed E-state index contributed by atoms with van der Waals surface area (Å²) in [6.45, 7) is 2.16. The first kappa shape index (κ1) is 29.4. The van der Waals surface area contributed by atoms with Crippen LogP contribution in [-0.2, 0) is 6.61 Å². The predicted octanol–water partition coefficient (Wildman–Crippen LogP) is 7.24. The second-order valence-electron chi connectivity index (χ2n) is 9.78. The van der Waals surface area contributed by atoms with Crippen LogP contribution < -0.4 is 19.8 Å². The van der Waals surface area contributed by atoms with Gasteiger partial charge in [-0.3, -0.25) is 14.9 Å². The molecule has 2 aromatic heterocycles. The number of non-ortho nitro benzene ring substituents is 1. The Bertz CT molecular complexity index is 2160. The number of halogens is 1. The van der Waals surface area contributed by atoms with Crippen LogP contribution in [0.1, 0.15) is 18.1 Å². The normalized spacial score (nSPS) is 11.4. The summed E-state index contributed by atoms with van der Waals surface area (Å²) in [6, 6.07) is 23.6. The van der Waals surface area contributed by atoms with Gasteiger partial charge in [0.2, 0.25) is 5.82 Å². The monoisotopic (exact) mass is 624 g/mol. The molecule has 0 amide bonds. The molecule has 2 heterocycles. The molecule has 0 radical (unpaired) electrons. The number of aromatic nitrogens is 2. The maximum atomic E-state index is 13.7. The molecule has 0 atom stereocenters. The molecule has 226 valence electrons. The first-order valence-electron chi connectivity index (χ1n) is 13.8. The summed E-state index contributed by atoms with van der Waals surface area (Å²) in [5.74, 6) is 1.74. The second-order valence-corrected chi connectivity index (χ2v) is 10.2. The fourth-order valence-corrected chi connectivity index (χ4v) is 5.09. The van der Waals surface area contributed by atoms with E-state index < -0.39 is 10.5 Å². The zero-order chi connectivity index (χ0) is 31.5. The maximum absolute atomic E-state index is 13.7. The van der Waals surface area contributed by atoms with E-state index in [4.69, 9.17) is 35.2 Å². The first-order chi connectivity index (χ1) is 21.9. The topological polar surface area (TPSA) is 131 Å². The molecule has 0 fully saturated rings. The average Bonchev–Trinajstić information content (AvgIpc) is 3.49. The minimum absolute atomic E-state index is 0.0265. The summed E-state index contributed by atoms with van der Waals surface area (Å²) >= 11 is 6.63. The van der Waals surface area contributed by atoms with Crippen LogP contribution in [0, 0.1) is 10.1 Å². The van der Waals surface area contributed by atoms with Crippen LogP contribution in [0.15, 0.2) is 99.2 Å². The van der Waals surface area contributed by atoms with E-state index in [1.807, 2.05) is 19.1 Å². The Kier molecular flexibility index (Phi) is 8.17. The van der Waals surface area contributed by atoms with Crippen molar-refractivity contribution in [2.24, 2.45) is 5.10 Å². The molecule has 6 aromatic rings. The Morgan fingerprint density at radius 2 is 1.82 bits per heavy atom. The lowest BCUT2D eigenvalue weighted by Crippen LogP contribution is -2.20. The molecule has 0 saturated heterocycles. The van der Waals surface area contributed by atoms with Crippen LogP contribution in [-0.4, -0.2) is 34.5 Å². The van der Waals surface area contributed by atoms with Gasteiger partial charge in [0.25, 0.3) is 11.2 Å². The number of ether oxygens (including phenoxy) is 3. The van der Waals surface area contributed by atoms with E-state index in [-0.39, 0.29) is 28.9 Å². The van der Waals surface area contributed by atoms with Crippen molar-refractivity contribution in [1.82, 2.24) is 9.66 Å². The number of nitro benzene ring substituents is 1. The number of para-hydroxylation sites is 1. The van der Waals surface area contributed by atoms with E-state index in [1.165, 1.54) is 23.0 Å². The van der Waals surface area contributed by atoms with Crippen LogP contribution in [0.3, 0.4) is 0 Å². The zero-order valence-electron chi connectivity index (χ0n) is 24.1. The van der Waals surface area contributed by atoms with E-state index in [2.05, 4.69) is 5.10 Å². The first-order valence-corrected chi connectivity index (χ1v) is 14.2. The summed E-state index contributed by atoms with van der Waals surface area (Å²) in [5, 5.41) is 17.0. The molecule has 0 aliphatic carbocycles. The minimum atomic E-state index is -0.469. The highest BCUT2D eigenvalue weighted by Gasteiger charge is 2.19. The Labute approximate surface area is 261 Å². The lowest BCUT2D eigenvalue weighted by Gasteiger charge is -2.14. The third-order valence-electron chi connectivity index (χ3n) is 6.87. The van der Waals surface area contributed by atoms with Gasteiger partial charge in [0.05, 0.1) is 46.2 Å². The van der Waals surface area contributed by atoms with E-state index in [0.717, 1.165) is 5.39 Å². The van der Waals surface area contributed by atoms with Crippen molar-refractivity contribution in [2.45, 2.75) is 13.5 Å². The second kappa shape index (κ2) is 12.5. The summed E-state index contributed by atoms with van der Waals surface area (Å²) in [5.41, 5.74) is 1.72. The van der Waals surface area contributed by atoms with Gasteiger partial charge in [-0.15, -0.1) is 0 Å². The van der Waals surface area contributed by atoms with Gasteiger partial charge in [0.15, 0.2) is 17.3 Å². The number of rotatable bonds is 10. The Balaban J connectivity index is 1.39. The van der Waals surface area contributed by atoms with Crippen molar-refractivity contribution in [3.05, 3.63) is 122 Å². The molecular weight excluding hydrogens is 600 g/mol. The number of fused-ring (bicyclic) bond motifs is 2. The number of furan rings is 1. The van der Waals surface area contributed by atoms with Crippen molar-refractivity contribution in [3.63, 3.8) is 0 Å². The van der Waals surface area contributed by atoms with Crippen molar-refractivity contribution < 1.29 is 23.6 Å². The average molecular weight is 625 g/mol. The number of hydrogen-bond donors (Lipinski definition) is 0. The summed E-state index contributed by atoms with van der Waals surface area (Å²) in [6.07, 6.45) is 1.46. The molecule has 12 heteroatoms. The molecular formula is C33H25ClN4O7. The highest BCUT2D eigenvalue weighted by atomic mass is 35.5. The summed E-state index contributed by atoms with van der Waals surface area (Å²) < 4.78 is 24.5. The standard InChI is InChI=1S/C33H25ClN4O7/c1-3-43-29-16-21(15-25(34)31(29)44-19-20-8-6-9-22(14-20)38(40)41)18-35-37-32(36-26-11-5-4-10-23(26)33(37)39)30-17-24-27(42-2)12-7-13-28(24)45-30/h4-18H,3,19H2,1-2H3. The summed E-state index contributed by atoms with van der Waals surface area (Å²) in [4.78, 5) is 29.1. The molecule has 0 N–H and O–H groups in total. The van der Waals surface area contributed by atoms with Gasteiger partial charge in [-0.25, -0.2) is 4.98 Å². The van der Waals surface area contributed by atoms with Crippen LogP contribution in [0.4, 0.5) is 5.69 Å². The number of nitro groups is 1. The molecule has 45 heavy (non-hydrogen) atoms. The lowest BCUT2D eigenvalue weighted by atomic mass is 10.2. The molecule has 0 bridgehead atoms. The number of hydrogen-bond acceptors (Lipinski definition) is 9. The van der Waals surface area contributed by atoms with Crippen LogP contribution >= 0.6 is 11.6 Å². The van der Waals surface area contributed by atoms with E-state index in [1.54, 1.807) is 67.8 Å². The van der Waals surface area contributed by atoms with E-state index >= 15 is 0 Å². The Hall–Kier alpha value is -5.68. The third kappa shape index (κ3) is 5.93. The fourth-order valence-electron chi connectivity index (χ4n) is 4.82. The third-order valence-corrected chi connectivity index (χ3v) is 7.15. The van der Waals surface area contributed by atoms with Gasteiger partial charge in [-0.1, -0.05) is 41.9 Å². The Morgan fingerprint density at radius 3 is 2.62 bits per heavy atom. The van der Waals surface area contributed by atoms with Crippen LogP contribution in [0.2, 0.25) is 5.02 Å². The van der Waals surface area contributed by atoms with Crippen molar-refractivity contribution in [1.29, 1.82) is 0 Å². The molecule has 4 aromatic carbocycles. The van der Waals surface area contributed by atoms with E-state index in [0.29, 0.717) is 51.5 Å². The van der Waals surface area contributed by atoms with Gasteiger partial charge < -0.3 is 18.6 Å². The predicted molar refractivity (Wildman–Crippen MR) is 171 cm³/mol. The SMILES string of the molecule is CCOc1cc(C=Nn2c(-c3cc4c(OC)cccc4o3)nc3ccccc3c2=O)cc(Cl)c1OCc1cccc([N+](=O)[O-])c1. The van der Waals surface area contributed by atoms with Crippen molar-refractivity contribution >= 4 is 45.4 Å². The molecule has 11 nitrogen and oxygen atoms in total. The molecule has 0 unspecified atom stereocenters. The highest BCUT2D eigenvalue weighted by molar-refractivity contribution is 6.32. The van der Waals surface area contributed by atoms with Crippen LogP contribution in [0.5, 0.6) is 17.2 Å². The fraction of sp³-hybridized carbons (Fsp3) is 0.121. The Morgan fingerprint density at radius 1 is 1.00 bits per heavy atom. The number of nitrogens with zero attached hydrogens (tertiary/aromatic N) is 4.